The molecule has 0 radical (unpaired) electrons. The first-order chi connectivity index (χ1) is 26.2. The Morgan fingerprint density at radius 2 is 1.64 bits per heavy atom. The van der Waals surface area contributed by atoms with Gasteiger partial charge in [0, 0.05) is 87.2 Å². The van der Waals surface area contributed by atoms with Crippen LogP contribution in [0.1, 0.15) is 39.5 Å². The molecule has 6 rings (SSSR count). The number of nitrogens with zero attached hydrogens (tertiary/aromatic N) is 7. The van der Waals surface area contributed by atoms with Crippen LogP contribution in [0.25, 0.3) is 22.4 Å². The van der Waals surface area contributed by atoms with E-state index in [4.69, 9.17) is 16.3 Å². The molecule has 2 aromatic carbocycles. The molecule has 4 heterocycles. The third kappa shape index (κ3) is 8.26. The number of aromatic nitrogens is 4. The first-order valence-electron chi connectivity index (χ1n) is 18.0. The quantitative estimate of drug-likeness (QED) is 0.214. The number of imidazole rings is 1. The molecule has 2 N–H and O–H groups in total. The molecular formula is C38H44ClF2N8O6+. The Kier molecular flexibility index (Phi) is 11.7. The summed E-state index contributed by atoms with van der Waals surface area (Å²) in [5.41, 5.74) is 1.79. The van der Waals surface area contributed by atoms with E-state index in [1.807, 2.05) is 7.05 Å². The molecular weight excluding hydrogens is 738 g/mol. The van der Waals surface area contributed by atoms with E-state index in [0.29, 0.717) is 86.7 Å². The number of carboxylic acids is 1. The number of piperidine rings is 1. The fourth-order valence-corrected chi connectivity index (χ4v) is 7.64. The van der Waals surface area contributed by atoms with Crippen molar-refractivity contribution in [2.45, 2.75) is 26.3 Å². The number of benzene rings is 2. The number of amides is 3. The minimum atomic E-state index is -1.10. The third-order valence-corrected chi connectivity index (χ3v) is 11.0. The summed E-state index contributed by atoms with van der Waals surface area (Å²) >= 11 is 6.54. The number of methoxy groups -OCH3 is 1. The average molecular weight is 782 g/mol. The van der Waals surface area contributed by atoms with Crippen LogP contribution in [-0.4, -0.2) is 129 Å². The molecule has 2 aliphatic heterocycles. The largest absolute Gasteiger partial charge is 0.477 e. The lowest BCUT2D eigenvalue weighted by molar-refractivity contribution is -0.907. The maximum atomic E-state index is 15.5. The number of nitrogens with one attached hydrogen (secondary N) is 1. The number of likely N-dealkylation sites (tertiary alicyclic amines) is 1. The molecule has 3 amide bonds. The van der Waals surface area contributed by atoms with E-state index in [0.717, 1.165) is 0 Å². The summed E-state index contributed by atoms with van der Waals surface area (Å²) < 4.78 is 39.5. The van der Waals surface area contributed by atoms with Gasteiger partial charge >= 0.3 is 5.97 Å². The Balaban J connectivity index is 1.06. The molecule has 0 atom stereocenters. The van der Waals surface area contributed by atoms with Crippen molar-refractivity contribution in [1.82, 2.24) is 29.1 Å². The Labute approximate surface area is 321 Å². The van der Waals surface area contributed by atoms with Crippen LogP contribution < -0.4 is 5.32 Å². The van der Waals surface area contributed by atoms with Gasteiger partial charge in [0.05, 0.1) is 62.0 Å². The number of ether oxygens (including phenoxy) is 1. The summed E-state index contributed by atoms with van der Waals surface area (Å²) in [6.45, 7) is 5.33. The van der Waals surface area contributed by atoms with Crippen LogP contribution in [0.15, 0.2) is 42.7 Å². The molecule has 55 heavy (non-hydrogen) atoms. The number of halogens is 3. The minimum Gasteiger partial charge on any atom is -0.477 e. The van der Waals surface area contributed by atoms with Crippen molar-refractivity contribution in [2.24, 2.45) is 13.0 Å². The van der Waals surface area contributed by atoms with Gasteiger partial charge < -0.3 is 34.0 Å². The highest BCUT2D eigenvalue weighted by Gasteiger charge is 2.37. The number of hydrogen-bond acceptors (Lipinski definition) is 7. The zero-order valence-electron chi connectivity index (χ0n) is 31.1. The molecule has 4 aromatic rings. The minimum absolute atomic E-state index is 0.0374. The lowest BCUT2D eigenvalue weighted by Gasteiger charge is -2.41. The van der Waals surface area contributed by atoms with Gasteiger partial charge in [0.25, 0.3) is 11.8 Å². The summed E-state index contributed by atoms with van der Waals surface area (Å²) in [5.74, 6) is -4.13. The second kappa shape index (κ2) is 16.3. The monoisotopic (exact) mass is 781 g/mol. The number of carboxylic acid groups (broad SMARTS) is 1. The number of rotatable bonds is 11. The van der Waals surface area contributed by atoms with Crippen molar-refractivity contribution < 1.29 is 42.3 Å². The molecule has 2 fully saturated rings. The van der Waals surface area contributed by atoms with E-state index < -0.39 is 23.5 Å². The average Bonchev–Trinajstić information content (AvgIpc) is 3.72. The normalized spacial score (nSPS) is 18.7. The van der Waals surface area contributed by atoms with Crippen LogP contribution in [0.4, 0.5) is 14.5 Å². The van der Waals surface area contributed by atoms with Crippen molar-refractivity contribution in [2.75, 3.05) is 71.9 Å². The predicted molar refractivity (Wildman–Crippen MR) is 199 cm³/mol. The summed E-state index contributed by atoms with van der Waals surface area (Å²) in [5, 5.41) is 16.3. The maximum Gasteiger partial charge on any atom is 0.359 e. The van der Waals surface area contributed by atoms with Gasteiger partial charge in [0.1, 0.15) is 0 Å². The number of likely N-dealkylation sites (N-methyl/N-ethyl adjacent to an activating group) is 1. The van der Waals surface area contributed by atoms with Gasteiger partial charge in [0.15, 0.2) is 24.0 Å². The number of carbonyl (C=O) groups is 4. The molecule has 0 bridgehead atoms. The van der Waals surface area contributed by atoms with Crippen molar-refractivity contribution in [3.63, 3.8) is 0 Å². The van der Waals surface area contributed by atoms with Gasteiger partial charge in [-0.1, -0.05) is 17.7 Å². The molecule has 0 unspecified atom stereocenters. The van der Waals surface area contributed by atoms with Gasteiger partial charge in [-0.2, -0.15) is 5.10 Å². The smallest absolute Gasteiger partial charge is 0.359 e. The molecule has 0 spiro atoms. The molecule has 2 aliphatic rings. The highest BCUT2D eigenvalue weighted by atomic mass is 35.5. The molecule has 0 saturated carbocycles. The van der Waals surface area contributed by atoms with Crippen molar-refractivity contribution in [3.05, 3.63) is 76.5 Å². The molecule has 17 heteroatoms. The summed E-state index contributed by atoms with van der Waals surface area (Å²) in [4.78, 5) is 58.7. The second-order valence-electron chi connectivity index (χ2n) is 14.3. The number of hydrogen-bond donors (Lipinski definition) is 2. The van der Waals surface area contributed by atoms with E-state index in [-0.39, 0.29) is 57.5 Å². The van der Waals surface area contributed by atoms with Gasteiger partial charge in [-0.25, -0.2) is 18.6 Å². The lowest BCUT2D eigenvalue weighted by Crippen LogP contribution is -2.56. The van der Waals surface area contributed by atoms with Crippen molar-refractivity contribution >= 4 is 41.0 Å². The van der Waals surface area contributed by atoms with E-state index in [1.165, 1.54) is 54.3 Å². The standard InChI is InChI=1S/C38H43ClF2N8O6/c1-23-29(20-43-48(23)15-18-55-4)26-7-8-28(34(41)33(26)40)31-21-42-35(45(31)2)36(52)44-25-5-6-27(30(39)19-25)38(54)47-13-11-46(12-14-47)37(53)24-9-16-49(3,17-10-24)22-32(50)51/h5-8,19-21,24H,9-18,22H2,1-4H3,(H-,44,50,51,52,54)/p+1. The van der Waals surface area contributed by atoms with Crippen LogP contribution in [0.3, 0.4) is 0 Å². The molecule has 292 valence electrons. The second-order valence-corrected chi connectivity index (χ2v) is 14.7. The van der Waals surface area contributed by atoms with Crippen LogP contribution in [0.2, 0.25) is 5.02 Å². The summed E-state index contributed by atoms with van der Waals surface area (Å²) in [6, 6.07) is 7.39. The van der Waals surface area contributed by atoms with Gasteiger partial charge in [0.2, 0.25) is 5.91 Å². The molecule has 14 nitrogen and oxygen atoms in total. The Morgan fingerprint density at radius 1 is 0.982 bits per heavy atom. The zero-order chi connectivity index (χ0) is 39.6. The molecule has 2 aromatic heterocycles. The fraction of sp³-hybridized carbons (Fsp3) is 0.421. The topological polar surface area (TPSA) is 152 Å². The van der Waals surface area contributed by atoms with E-state index in [9.17, 15) is 24.3 Å². The number of quaternary nitrogens is 1. The van der Waals surface area contributed by atoms with Crippen LogP contribution in [-0.2, 0) is 27.9 Å². The Morgan fingerprint density at radius 3 is 2.29 bits per heavy atom. The molecule has 0 aliphatic carbocycles. The number of piperazine rings is 1. The van der Waals surface area contributed by atoms with Crippen LogP contribution in [0.5, 0.6) is 0 Å². The number of anilines is 1. The summed E-state index contributed by atoms with van der Waals surface area (Å²) in [6.07, 6.45) is 4.02. The van der Waals surface area contributed by atoms with Gasteiger partial charge in [-0.05, 0) is 31.2 Å². The number of carbonyl (C=O) groups excluding carboxylic acids is 3. The SMILES string of the molecule is COCCn1ncc(-c2ccc(-c3cnc(C(=O)Nc4ccc(C(=O)N5CCN(C(=O)C6CC[N+](C)(CC(=O)O)CC6)CC5)c(Cl)c4)n3C)c(F)c2F)c1C. The van der Waals surface area contributed by atoms with Crippen molar-refractivity contribution in [3.8, 4) is 22.4 Å². The van der Waals surface area contributed by atoms with Gasteiger partial charge in [-0.3, -0.25) is 19.1 Å². The highest BCUT2D eigenvalue weighted by Crippen LogP contribution is 2.33. The fourth-order valence-electron chi connectivity index (χ4n) is 7.37. The Bertz CT molecular complexity index is 2120. The van der Waals surface area contributed by atoms with E-state index in [1.54, 1.807) is 28.5 Å². The van der Waals surface area contributed by atoms with Crippen molar-refractivity contribution in [1.29, 1.82) is 0 Å². The van der Waals surface area contributed by atoms with Gasteiger partial charge in [-0.15, -0.1) is 0 Å². The first-order valence-corrected chi connectivity index (χ1v) is 18.3. The lowest BCUT2D eigenvalue weighted by atomic mass is 9.93. The molecule has 2 saturated heterocycles. The van der Waals surface area contributed by atoms with E-state index in [2.05, 4.69) is 15.4 Å². The summed E-state index contributed by atoms with van der Waals surface area (Å²) in [7, 11) is 4.98. The zero-order valence-corrected chi connectivity index (χ0v) is 31.9. The Hall–Kier alpha value is -5.19. The van der Waals surface area contributed by atoms with E-state index >= 15 is 8.78 Å². The first kappa shape index (κ1) is 39.5. The van der Waals surface area contributed by atoms with Crippen LogP contribution >= 0.6 is 11.6 Å². The highest BCUT2D eigenvalue weighted by molar-refractivity contribution is 6.34. The predicted octanol–water partition coefficient (Wildman–Crippen LogP) is 4.31. The number of aliphatic carboxylic acids is 1. The third-order valence-electron chi connectivity index (χ3n) is 10.7. The maximum absolute atomic E-state index is 15.5. The van der Waals surface area contributed by atoms with Crippen LogP contribution in [0, 0.1) is 24.5 Å².